The van der Waals surface area contributed by atoms with E-state index >= 15 is 0 Å². The Hall–Kier alpha value is -1.64. The SMILES string of the molecule is COC(=O)c1cc(N)ccc1S(=O)(=O)NCCN(C)C. The number of methoxy groups -OCH3 is 1. The Labute approximate surface area is 118 Å². The van der Waals surface area contributed by atoms with E-state index in [2.05, 4.69) is 9.46 Å². The van der Waals surface area contributed by atoms with Gasteiger partial charge < -0.3 is 15.4 Å². The first-order chi connectivity index (χ1) is 9.27. The highest BCUT2D eigenvalue weighted by molar-refractivity contribution is 7.89. The van der Waals surface area contributed by atoms with Crippen LogP contribution >= 0.6 is 0 Å². The monoisotopic (exact) mass is 301 g/mol. The molecule has 0 unspecified atom stereocenters. The average Bonchev–Trinajstić information content (AvgIpc) is 2.36. The lowest BCUT2D eigenvalue weighted by Gasteiger charge is -2.13. The van der Waals surface area contributed by atoms with Gasteiger partial charge in [-0.25, -0.2) is 17.9 Å². The van der Waals surface area contributed by atoms with Crippen molar-refractivity contribution in [3.63, 3.8) is 0 Å². The Morgan fingerprint density at radius 1 is 1.40 bits per heavy atom. The number of sulfonamides is 1. The number of anilines is 1. The van der Waals surface area contributed by atoms with Gasteiger partial charge in [0, 0.05) is 18.8 Å². The van der Waals surface area contributed by atoms with Crippen molar-refractivity contribution >= 4 is 21.7 Å². The molecule has 1 rings (SSSR count). The minimum atomic E-state index is -3.79. The van der Waals surface area contributed by atoms with E-state index in [0.29, 0.717) is 6.54 Å². The molecule has 0 spiro atoms. The van der Waals surface area contributed by atoms with Crippen molar-refractivity contribution in [2.45, 2.75) is 4.90 Å². The second-order valence-electron chi connectivity index (χ2n) is 4.45. The first-order valence-electron chi connectivity index (χ1n) is 5.90. The van der Waals surface area contributed by atoms with Gasteiger partial charge in [0.25, 0.3) is 0 Å². The van der Waals surface area contributed by atoms with Gasteiger partial charge in [0.1, 0.15) is 0 Å². The Morgan fingerprint density at radius 2 is 2.05 bits per heavy atom. The molecule has 8 heteroatoms. The zero-order chi connectivity index (χ0) is 15.3. The summed E-state index contributed by atoms with van der Waals surface area (Å²) in [6.07, 6.45) is 0. The predicted octanol–water partition coefficient (Wildman–Crippen LogP) is -0.105. The predicted molar refractivity (Wildman–Crippen MR) is 75.9 cm³/mol. The maximum Gasteiger partial charge on any atom is 0.339 e. The summed E-state index contributed by atoms with van der Waals surface area (Å²) in [6, 6.07) is 4.00. The van der Waals surface area contributed by atoms with Gasteiger partial charge in [-0.2, -0.15) is 0 Å². The van der Waals surface area contributed by atoms with Crippen LogP contribution in [-0.2, 0) is 14.8 Å². The van der Waals surface area contributed by atoms with Crippen LogP contribution in [0.1, 0.15) is 10.4 Å². The van der Waals surface area contributed by atoms with Crippen LogP contribution in [0.5, 0.6) is 0 Å². The number of nitrogens with zero attached hydrogens (tertiary/aromatic N) is 1. The van der Waals surface area contributed by atoms with Gasteiger partial charge in [-0.15, -0.1) is 0 Å². The third-order valence-electron chi connectivity index (χ3n) is 2.55. The van der Waals surface area contributed by atoms with Crippen molar-refractivity contribution in [1.29, 1.82) is 0 Å². The molecule has 0 saturated heterocycles. The number of nitrogens with two attached hydrogens (primary N) is 1. The molecule has 0 saturated carbocycles. The summed E-state index contributed by atoms with van der Waals surface area (Å²) in [5.41, 5.74) is 5.78. The van der Waals surface area contributed by atoms with Crippen LogP contribution in [0, 0.1) is 0 Å². The number of likely N-dealkylation sites (N-methyl/N-ethyl adjacent to an activating group) is 1. The normalized spacial score (nSPS) is 11.6. The zero-order valence-corrected chi connectivity index (χ0v) is 12.5. The third kappa shape index (κ3) is 4.19. The zero-order valence-electron chi connectivity index (χ0n) is 11.7. The Balaban J connectivity index is 3.08. The van der Waals surface area contributed by atoms with Gasteiger partial charge in [0.2, 0.25) is 10.0 Å². The van der Waals surface area contributed by atoms with E-state index in [1.165, 1.54) is 25.3 Å². The number of hydrogen-bond donors (Lipinski definition) is 2. The molecule has 1 aromatic rings. The van der Waals surface area contributed by atoms with Crippen LogP contribution in [0.15, 0.2) is 23.1 Å². The van der Waals surface area contributed by atoms with Crippen molar-refractivity contribution in [1.82, 2.24) is 9.62 Å². The van der Waals surface area contributed by atoms with Gasteiger partial charge in [-0.3, -0.25) is 0 Å². The molecule has 0 aliphatic carbocycles. The summed E-state index contributed by atoms with van der Waals surface area (Å²) in [6.45, 7) is 0.780. The first-order valence-corrected chi connectivity index (χ1v) is 7.38. The van der Waals surface area contributed by atoms with Crippen molar-refractivity contribution in [2.75, 3.05) is 40.0 Å². The fourth-order valence-electron chi connectivity index (χ4n) is 1.53. The Morgan fingerprint density at radius 3 is 2.60 bits per heavy atom. The summed E-state index contributed by atoms with van der Waals surface area (Å²) in [5.74, 6) is -0.745. The van der Waals surface area contributed by atoms with E-state index in [1.807, 2.05) is 19.0 Å². The molecular formula is C12H19N3O4S. The fourth-order valence-corrected chi connectivity index (χ4v) is 2.73. The highest BCUT2D eigenvalue weighted by atomic mass is 32.2. The summed E-state index contributed by atoms with van der Waals surface area (Å²) in [4.78, 5) is 13.3. The van der Waals surface area contributed by atoms with Crippen LogP contribution in [0.2, 0.25) is 0 Å². The molecule has 3 N–H and O–H groups in total. The van der Waals surface area contributed by atoms with Crippen molar-refractivity contribution in [3.05, 3.63) is 23.8 Å². The van der Waals surface area contributed by atoms with Crippen LogP contribution in [0.3, 0.4) is 0 Å². The van der Waals surface area contributed by atoms with E-state index in [-0.39, 0.29) is 22.7 Å². The molecule has 0 aliphatic rings. The molecule has 0 bridgehead atoms. The van der Waals surface area contributed by atoms with E-state index in [0.717, 1.165) is 0 Å². The molecular weight excluding hydrogens is 282 g/mol. The number of rotatable bonds is 6. The number of nitrogens with one attached hydrogen (secondary N) is 1. The summed E-state index contributed by atoms with van der Waals surface area (Å²) >= 11 is 0. The lowest BCUT2D eigenvalue weighted by atomic mass is 10.2. The third-order valence-corrected chi connectivity index (χ3v) is 4.07. The lowest BCUT2D eigenvalue weighted by molar-refractivity contribution is 0.0596. The molecule has 7 nitrogen and oxygen atoms in total. The van der Waals surface area contributed by atoms with E-state index in [9.17, 15) is 13.2 Å². The molecule has 0 atom stereocenters. The van der Waals surface area contributed by atoms with E-state index in [4.69, 9.17) is 5.73 Å². The number of nitrogen functional groups attached to an aromatic ring is 1. The highest BCUT2D eigenvalue weighted by Crippen LogP contribution is 2.19. The van der Waals surface area contributed by atoms with Crippen LogP contribution in [0.25, 0.3) is 0 Å². The van der Waals surface area contributed by atoms with Gasteiger partial charge in [0.15, 0.2) is 0 Å². The minimum absolute atomic E-state index is 0.0788. The molecule has 112 valence electrons. The molecule has 0 aromatic heterocycles. The Kier molecular flexibility index (Phi) is 5.49. The number of ether oxygens (including phenoxy) is 1. The maximum absolute atomic E-state index is 12.2. The standard InChI is InChI=1S/C12H19N3O4S/c1-15(2)7-6-14-20(17,18)11-5-4-9(13)8-10(11)12(16)19-3/h4-5,8,14H,6-7,13H2,1-3H3. The molecule has 0 radical (unpaired) electrons. The number of esters is 1. The van der Waals surface area contributed by atoms with E-state index < -0.39 is 16.0 Å². The van der Waals surface area contributed by atoms with Crippen molar-refractivity contribution in [3.8, 4) is 0 Å². The maximum atomic E-state index is 12.2. The quantitative estimate of drug-likeness (QED) is 0.562. The Bertz CT molecular complexity index is 584. The van der Waals surface area contributed by atoms with Gasteiger partial charge in [-0.05, 0) is 32.3 Å². The van der Waals surface area contributed by atoms with Crippen LogP contribution in [-0.4, -0.2) is 53.6 Å². The van der Waals surface area contributed by atoms with Gasteiger partial charge in [0.05, 0.1) is 17.6 Å². The number of benzene rings is 1. The second kappa shape index (κ2) is 6.69. The number of carbonyl (C=O) groups excluding carboxylic acids is 1. The molecule has 0 aliphatic heterocycles. The molecule has 0 heterocycles. The van der Waals surface area contributed by atoms with Gasteiger partial charge in [-0.1, -0.05) is 0 Å². The van der Waals surface area contributed by atoms with Crippen LogP contribution < -0.4 is 10.5 Å². The van der Waals surface area contributed by atoms with Gasteiger partial charge >= 0.3 is 5.97 Å². The smallest absolute Gasteiger partial charge is 0.339 e. The van der Waals surface area contributed by atoms with Crippen LogP contribution in [0.4, 0.5) is 5.69 Å². The minimum Gasteiger partial charge on any atom is -0.465 e. The number of carbonyl (C=O) groups is 1. The summed E-state index contributed by atoms with van der Waals surface area (Å²) in [5, 5.41) is 0. The fraction of sp³-hybridized carbons (Fsp3) is 0.417. The average molecular weight is 301 g/mol. The molecule has 1 aromatic carbocycles. The number of hydrogen-bond acceptors (Lipinski definition) is 6. The molecule has 20 heavy (non-hydrogen) atoms. The lowest BCUT2D eigenvalue weighted by Crippen LogP contribution is -2.32. The first kappa shape index (κ1) is 16.4. The largest absolute Gasteiger partial charge is 0.465 e. The van der Waals surface area contributed by atoms with Crippen molar-refractivity contribution in [2.24, 2.45) is 0 Å². The second-order valence-corrected chi connectivity index (χ2v) is 6.18. The topological polar surface area (TPSA) is 102 Å². The van der Waals surface area contributed by atoms with E-state index in [1.54, 1.807) is 0 Å². The molecule has 0 amide bonds. The summed E-state index contributed by atoms with van der Waals surface area (Å²) < 4.78 is 31.4. The van der Waals surface area contributed by atoms with Crippen molar-refractivity contribution < 1.29 is 17.9 Å². The molecule has 0 fully saturated rings. The highest BCUT2D eigenvalue weighted by Gasteiger charge is 2.22. The summed E-state index contributed by atoms with van der Waals surface area (Å²) in [7, 11) is 1.05.